The van der Waals surface area contributed by atoms with Crippen LogP contribution in [-0.2, 0) is 10.0 Å². The molecule has 7 heteroatoms. The highest BCUT2D eigenvalue weighted by Crippen LogP contribution is 2.26. The second-order valence-corrected chi connectivity index (χ2v) is 6.87. The zero-order chi connectivity index (χ0) is 15.6. The number of amides is 1. The molecule has 0 aromatic heterocycles. The number of benzene rings is 2. The van der Waals surface area contributed by atoms with E-state index in [1.165, 1.54) is 18.2 Å². The van der Waals surface area contributed by atoms with Gasteiger partial charge < -0.3 is 5.32 Å². The number of nitrogens with one attached hydrogen (secondary N) is 1. The number of sulfonamides is 1. The van der Waals surface area contributed by atoms with Crippen LogP contribution in [0.1, 0.15) is 15.9 Å². The molecule has 0 radical (unpaired) electrons. The van der Waals surface area contributed by atoms with E-state index >= 15 is 0 Å². The minimum atomic E-state index is -3.77. The highest BCUT2D eigenvalue weighted by atomic mass is 79.9. The Morgan fingerprint density at radius 1 is 1.19 bits per heavy atom. The molecule has 110 valence electrons. The zero-order valence-electron chi connectivity index (χ0n) is 11.1. The van der Waals surface area contributed by atoms with Gasteiger partial charge in [0.15, 0.2) is 0 Å². The lowest BCUT2D eigenvalue weighted by atomic mass is 10.1. The Hall–Kier alpha value is -1.70. The molecule has 0 unspecified atom stereocenters. The van der Waals surface area contributed by atoms with Gasteiger partial charge in [0.25, 0.3) is 5.91 Å². The molecule has 2 rings (SSSR count). The minimum absolute atomic E-state index is 0.0248. The van der Waals surface area contributed by atoms with Crippen LogP contribution in [-0.4, -0.2) is 14.3 Å². The molecule has 0 saturated carbocycles. The molecule has 1 amide bonds. The third kappa shape index (κ3) is 3.69. The third-order valence-corrected chi connectivity index (χ3v) is 4.47. The molecule has 0 fully saturated rings. The van der Waals surface area contributed by atoms with Crippen LogP contribution in [0.3, 0.4) is 0 Å². The number of hydrogen-bond acceptors (Lipinski definition) is 3. The van der Waals surface area contributed by atoms with Crippen molar-refractivity contribution in [1.29, 1.82) is 0 Å². The van der Waals surface area contributed by atoms with Gasteiger partial charge in [-0.1, -0.05) is 18.2 Å². The van der Waals surface area contributed by atoms with Crippen molar-refractivity contribution in [2.75, 3.05) is 5.32 Å². The first kappa shape index (κ1) is 15.7. The normalized spacial score (nSPS) is 11.2. The van der Waals surface area contributed by atoms with Gasteiger partial charge in [-0.25, -0.2) is 13.6 Å². The quantitative estimate of drug-likeness (QED) is 0.872. The number of halogens is 1. The van der Waals surface area contributed by atoms with Crippen molar-refractivity contribution in [1.82, 2.24) is 0 Å². The maximum atomic E-state index is 12.2. The van der Waals surface area contributed by atoms with Crippen LogP contribution >= 0.6 is 15.9 Å². The Labute approximate surface area is 131 Å². The van der Waals surface area contributed by atoms with Gasteiger partial charge in [0, 0.05) is 10.0 Å². The summed E-state index contributed by atoms with van der Waals surface area (Å²) in [5.41, 5.74) is 1.88. The Morgan fingerprint density at radius 3 is 2.43 bits per heavy atom. The monoisotopic (exact) mass is 368 g/mol. The van der Waals surface area contributed by atoms with Crippen LogP contribution in [0.2, 0.25) is 0 Å². The predicted molar refractivity (Wildman–Crippen MR) is 84.6 cm³/mol. The number of hydrogen-bond donors (Lipinski definition) is 2. The van der Waals surface area contributed by atoms with Crippen molar-refractivity contribution >= 4 is 37.5 Å². The molecule has 0 aliphatic heterocycles. The molecule has 0 saturated heterocycles. The van der Waals surface area contributed by atoms with E-state index in [9.17, 15) is 13.2 Å². The smallest absolute Gasteiger partial charge is 0.255 e. The molecule has 3 N–H and O–H groups in total. The fraction of sp³-hybridized carbons (Fsp3) is 0.0714. The van der Waals surface area contributed by atoms with Crippen molar-refractivity contribution in [3.05, 3.63) is 58.1 Å². The predicted octanol–water partition coefficient (Wildman–Crippen LogP) is 2.66. The first-order valence-corrected chi connectivity index (χ1v) is 8.32. The molecule has 2 aromatic rings. The highest BCUT2D eigenvalue weighted by Gasteiger charge is 2.13. The number of nitrogens with two attached hydrogens (primary N) is 1. The first-order chi connectivity index (χ1) is 9.79. The Kier molecular flexibility index (Phi) is 4.46. The lowest BCUT2D eigenvalue weighted by molar-refractivity contribution is 0.102. The molecular weight excluding hydrogens is 356 g/mol. The Bertz CT molecular complexity index is 804. The average molecular weight is 369 g/mol. The van der Waals surface area contributed by atoms with Gasteiger partial charge in [-0.2, -0.15) is 0 Å². The van der Waals surface area contributed by atoms with E-state index in [4.69, 9.17) is 5.14 Å². The van der Waals surface area contributed by atoms with Crippen molar-refractivity contribution in [3.8, 4) is 0 Å². The summed E-state index contributed by atoms with van der Waals surface area (Å²) in [6.07, 6.45) is 0. The molecule has 0 bridgehead atoms. The number of carbonyl (C=O) groups excluding carboxylic acids is 1. The largest absolute Gasteiger partial charge is 0.321 e. The lowest BCUT2D eigenvalue weighted by Gasteiger charge is -2.10. The van der Waals surface area contributed by atoms with Crippen LogP contribution in [0, 0.1) is 6.92 Å². The van der Waals surface area contributed by atoms with Crippen LogP contribution < -0.4 is 10.5 Å². The fourth-order valence-corrected chi connectivity index (χ4v) is 2.96. The van der Waals surface area contributed by atoms with Gasteiger partial charge in [0.05, 0.1) is 10.6 Å². The summed E-state index contributed by atoms with van der Waals surface area (Å²) in [6, 6.07) is 11.4. The number of carbonyl (C=O) groups is 1. The van der Waals surface area contributed by atoms with Gasteiger partial charge >= 0.3 is 0 Å². The SMILES string of the molecule is Cc1ccccc1C(=O)Nc1ccc(S(N)(=O)=O)cc1Br. The van der Waals surface area contributed by atoms with Crippen molar-refractivity contribution in [3.63, 3.8) is 0 Å². The highest BCUT2D eigenvalue weighted by molar-refractivity contribution is 9.10. The Balaban J connectivity index is 2.29. The molecule has 2 aromatic carbocycles. The second kappa shape index (κ2) is 5.97. The van der Waals surface area contributed by atoms with Gasteiger partial charge in [0.2, 0.25) is 10.0 Å². The molecule has 21 heavy (non-hydrogen) atoms. The molecule has 0 aliphatic rings. The van der Waals surface area contributed by atoms with Crippen LogP contribution in [0.5, 0.6) is 0 Å². The number of aryl methyl sites for hydroxylation is 1. The van der Waals surface area contributed by atoms with Crippen molar-refractivity contribution in [2.24, 2.45) is 5.14 Å². The van der Waals surface area contributed by atoms with E-state index in [-0.39, 0.29) is 10.8 Å². The standard InChI is InChI=1S/C14H13BrN2O3S/c1-9-4-2-3-5-11(9)14(18)17-13-7-6-10(8-12(13)15)21(16,19)20/h2-8H,1H3,(H,17,18)(H2,16,19,20). The van der Waals surface area contributed by atoms with Crippen LogP contribution in [0.15, 0.2) is 51.8 Å². The van der Waals surface area contributed by atoms with E-state index in [0.717, 1.165) is 5.56 Å². The summed E-state index contributed by atoms with van der Waals surface area (Å²) < 4.78 is 22.9. The fourth-order valence-electron chi connectivity index (χ4n) is 1.79. The summed E-state index contributed by atoms with van der Waals surface area (Å²) in [4.78, 5) is 12.2. The van der Waals surface area contributed by atoms with E-state index in [1.807, 2.05) is 19.1 Å². The third-order valence-electron chi connectivity index (χ3n) is 2.91. The number of rotatable bonds is 3. The topological polar surface area (TPSA) is 89.3 Å². The maximum absolute atomic E-state index is 12.2. The average Bonchev–Trinajstić information content (AvgIpc) is 2.40. The molecule has 0 heterocycles. The molecule has 5 nitrogen and oxygen atoms in total. The van der Waals surface area contributed by atoms with E-state index < -0.39 is 10.0 Å². The van der Waals surface area contributed by atoms with Gasteiger partial charge in [-0.3, -0.25) is 4.79 Å². The molecule has 0 aliphatic carbocycles. The second-order valence-electron chi connectivity index (χ2n) is 4.46. The zero-order valence-corrected chi connectivity index (χ0v) is 13.5. The molecule has 0 atom stereocenters. The Morgan fingerprint density at radius 2 is 1.86 bits per heavy atom. The summed E-state index contributed by atoms with van der Waals surface area (Å²) in [7, 11) is -3.77. The minimum Gasteiger partial charge on any atom is -0.321 e. The van der Waals surface area contributed by atoms with E-state index in [0.29, 0.717) is 15.7 Å². The number of primary sulfonamides is 1. The summed E-state index contributed by atoms with van der Waals surface area (Å²) >= 11 is 3.22. The molecule has 0 spiro atoms. The van der Waals surface area contributed by atoms with Crippen molar-refractivity contribution < 1.29 is 13.2 Å². The van der Waals surface area contributed by atoms with Crippen LogP contribution in [0.25, 0.3) is 0 Å². The number of anilines is 1. The summed E-state index contributed by atoms with van der Waals surface area (Å²) in [5, 5.41) is 7.78. The van der Waals surface area contributed by atoms with Gasteiger partial charge in [-0.05, 0) is 52.7 Å². The van der Waals surface area contributed by atoms with Crippen molar-refractivity contribution in [2.45, 2.75) is 11.8 Å². The van der Waals surface area contributed by atoms with Crippen LogP contribution in [0.4, 0.5) is 5.69 Å². The summed E-state index contributed by atoms with van der Waals surface area (Å²) in [6.45, 7) is 1.84. The lowest BCUT2D eigenvalue weighted by Crippen LogP contribution is -2.15. The van der Waals surface area contributed by atoms with Gasteiger partial charge in [0.1, 0.15) is 0 Å². The van der Waals surface area contributed by atoms with E-state index in [1.54, 1.807) is 12.1 Å². The van der Waals surface area contributed by atoms with E-state index in [2.05, 4.69) is 21.2 Å². The van der Waals surface area contributed by atoms with Gasteiger partial charge in [-0.15, -0.1) is 0 Å². The molecular formula is C14H13BrN2O3S. The first-order valence-electron chi connectivity index (χ1n) is 5.98. The summed E-state index contributed by atoms with van der Waals surface area (Å²) in [5.74, 6) is -0.267. The maximum Gasteiger partial charge on any atom is 0.255 e.